The van der Waals surface area contributed by atoms with Crippen molar-refractivity contribution in [2.45, 2.75) is 13.3 Å². The lowest BCUT2D eigenvalue weighted by molar-refractivity contribution is -0.152. The molecule has 1 saturated heterocycles. The second-order valence-corrected chi connectivity index (χ2v) is 4.79. The number of primary amides is 1. The summed E-state index contributed by atoms with van der Waals surface area (Å²) in [6.45, 7) is 3.10. The molecule has 2 heterocycles. The van der Waals surface area contributed by atoms with E-state index in [1.807, 2.05) is 23.1 Å². The maximum atomic E-state index is 12.0. The van der Waals surface area contributed by atoms with Crippen LogP contribution in [0, 0.1) is 11.8 Å². The summed E-state index contributed by atoms with van der Waals surface area (Å²) in [5.74, 6) is -0.998. The van der Waals surface area contributed by atoms with E-state index in [1.54, 1.807) is 13.1 Å². The molecular weight excluding hydrogens is 258 g/mol. The van der Waals surface area contributed by atoms with Crippen LogP contribution in [0.25, 0.3) is 0 Å². The van der Waals surface area contributed by atoms with Gasteiger partial charge in [0.2, 0.25) is 5.91 Å². The minimum absolute atomic E-state index is 0.296. The molecule has 108 valence electrons. The molecule has 1 fully saturated rings. The third kappa shape index (κ3) is 3.07. The van der Waals surface area contributed by atoms with Gasteiger partial charge in [-0.25, -0.2) is 4.98 Å². The van der Waals surface area contributed by atoms with E-state index in [0.29, 0.717) is 26.1 Å². The van der Waals surface area contributed by atoms with E-state index in [0.717, 1.165) is 5.82 Å². The van der Waals surface area contributed by atoms with Crippen LogP contribution in [-0.2, 0) is 14.3 Å². The number of hydrogen-bond donors (Lipinski definition) is 1. The number of aromatic nitrogens is 1. The van der Waals surface area contributed by atoms with Gasteiger partial charge in [-0.1, -0.05) is 6.07 Å². The van der Waals surface area contributed by atoms with Gasteiger partial charge in [0, 0.05) is 19.3 Å². The third-order valence-corrected chi connectivity index (χ3v) is 3.54. The maximum absolute atomic E-state index is 12.0. The first kappa shape index (κ1) is 14.3. The average molecular weight is 277 g/mol. The van der Waals surface area contributed by atoms with Crippen LogP contribution in [0.5, 0.6) is 0 Å². The molecule has 0 radical (unpaired) electrons. The molecule has 6 heteroatoms. The first-order chi connectivity index (χ1) is 9.63. The molecule has 6 nitrogen and oxygen atoms in total. The van der Waals surface area contributed by atoms with Gasteiger partial charge in [0.25, 0.3) is 0 Å². The first-order valence-corrected chi connectivity index (χ1v) is 6.75. The molecular formula is C14H19N3O3. The molecule has 1 aromatic heterocycles. The van der Waals surface area contributed by atoms with Crippen molar-refractivity contribution in [2.24, 2.45) is 17.6 Å². The van der Waals surface area contributed by atoms with E-state index in [-0.39, 0.29) is 5.97 Å². The van der Waals surface area contributed by atoms with Crippen LogP contribution in [0.15, 0.2) is 24.4 Å². The second-order valence-electron chi connectivity index (χ2n) is 4.79. The fourth-order valence-corrected chi connectivity index (χ4v) is 2.53. The Balaban J connectivity index is 2.15. The lowest BCUT2D eigenvalue weighted by Crippen LogP contribution is -2.49. The van der Waals surface area contributed by atoms with Crippen molar-refractivity contribution in [2.75, 3.05) is 24.6 Å². The average Bonchev–Trinajstić information content (AvgIpc) is 2.47. The largest absolute Gasteiger partial charge is 0.466 e. The monoisotopic (exact) mass is 277 g/mol. The fraction of sp³-hybridized carbons (Fsp3) is 0.500. The van der Waals surface area contributed by atoms with Gasteiger partial charge in [-0.05, 0) is 25.5 Å². The molecule has 1 aromatic rings. The maximum Gasteiger partial charge on any atom is 0.311 e. The standard InChI is InChI=1S/C14H19N3O3/c1-2-20-14(19)11-9-17(8-6-10(11)13(15)18)12-5-3-4-7-16-12/h3-5,7,10-11H,2,6,8-9H2,1H3,(H2,15,18). The number of nitrogens with zero attached hydrogens (tertiary/aromatic N) is 2. The van der Waals surface area contributed by atoms with E-state index in [4.69, 9.17) is 10.5 Å². The van der Waals surface area contributed by atoms with Crippen LogP contribution in [0.2, 0.25) is 0 Å². The van der Waals surface area contributed by atoms with Crippen molar-refractivity contribution >= 4 is 17.7 Å². The van der Waals surface area contributed by atoms with Gasteiger partial charge in [0.1, 0.15) is 5.82 Å². The molecule has 0 spiro atoms. The highest BCUT2D eigenvalue weighted by atomic mass is 16.5. The molecule has 1 amide bonds. The van der Waals surface area contributed by atoms with Crippen LogP contribution in [0.3, 0.4) is 0 Å². The Morgan fingerprint density at radius 1 is 1.45 bits per heavy atom. The van der Waals surface area contributed by atoms with Gasteiger partial charge in [-0.15, -0.1) is 0 Å². The summed E-state index contributed by atoms with van der Waals surface area (Å²) in [4.78, 5) is 29.8. The summed E-state index contributed by atoms with van der Waals surface area (Å²) in [6, 6.07) is 5.61. The van der Waals surface area contributed by atoms with E-state index in [2.05, 4.69) is 4.98 Å². The number of carbonyl (C=O) groups is 2. The minimum atomic E-state index is -0.525. The number of piperidine rings is 1. The summed E-state index contributed by atoms with van der Waals surface area (Å²) < 4.78 is 5.05. The predicted molar refractivity (Wildman–Crippen MR) is 73.9 cm³/mol. The van der Waals surface area contributed by atoms with E-state index < -0.39 is 17.7 Å². The summed E-state index contributed by atoms with van der Waals surface area (Å²) in [7, 11) is 0. The van der Waals surface area contributed by atoms with Crippen molar-refractivity contribution in [3.63, 3.8) is 0 Å². The van der Waals surface area contributed by atoms with Crippen molar-refractivity contribution < 1.29 is 14.3 Å². The van der Waals surface area contributed by atoms with Crippen molar-refractivity contribution in [3.05, 3.63) is 24.4 Å². The minimum Gasteiger partial charge on any atom is -0.466 e. The highest BCUT2D eigenvalue weighted by Gasteiger charge is 2.38. The molecule has 0 saturated carbocycles. The molecule has 20 heavy (non-hydrogen) atoms. The Labute approximate surface area is 117 Å². The Bertz CT molecular complexity index is 478. The molecule has 1 aliphatic heterocycles. The van der Waals surface area contributed by atoms with Crippen LogP contribution in [0.1, 0.15) is 13.3 Å². The zero-order chi connectivity index (χ0) is 14.5. The fourth-order valence-electron chi connectivity index (χ4n) is 2.53. The number of carbonyl (C=O) groups excluding carboxylic acids is 2. The van der Waals surface area contributed by atoms with Crippen LogP contribution >= 0.6 is 0 Å². The van der Waals surface area contributed by atoms with Gasteiger partial charge in [-0.3, -0.25) is 9.59 Å². The quantitative estimate of drug-likeness (QED) is 0.813. The molecule has 0 bridgehead atoms. The van der Waals surface area contributed by atoms with Crippen LogP contribution in [0.4, 0.5) is 5.82 Å². The zero-order valence-corrected chi connectivity index (χ0v) is 11.5. The molecule has 2 unspecified atom stereocenters. The number of ether oxygens (including phenoxy) is 1. The lowest BCUT2D eigenvalue weighted by atomic mass is 9.85. The van der Waals surface area contributed by atoms with E-state index in [9.17, 15) is 9.59 Å². The number of amides is 1. The number of nitrogens with two attached hydrogens (primary N) is 1. The SMILES string of the molecule is CCOC(=O)C1CN(c2ccccn2)CCC1C(N)=O. The summed E-state index contributed by atoms with van der Waals surface area (Å²) in [6.07, 6.45) is 2.24. The normalized spacial score (nSPS) is 22.4. The van der Waals surface area contributed by atoms with Crippen molar-refractivity contribution in [1.82, 2.24) is 4.98 Å². The highest BCUT2D eigenvalue weighted by molar-refractivity contribution is 5.85. The van der Waals surface area contributed by atoms with Crippen LogP contribution < -0.4 is 10.6 Å². The number of esters is 1. The Morgan fingerprint density at radius 2 is 2.25 bits per heavy atom. The summed E-state index contributed by atoms with van der Waals surface area (Å²) in [5, 5.41) is 0. The van der Waals surface area contributed by atoms with Gasteiger partial charge in [0.15, 0.2) is 0 Å². The zero-order valence-electron chi connectivity index (χ0n) is 11.5. The predicted octanol–water partition coefficient (Wildman–Crippen LogP) is 0.573. The Kier molecular flexibility index (Phi) is 4.55. The smallest absolute Gasteiger partial charge is 0.311 e. The third-order valence-electron chi connectivity index (χ3n) is 3.54. The highest BCUT2D eigenvalue weighted by Crippen LogP contribution is 2.27. The molecule has 2 atom stereocenters. The van der Waals surface area contributed by atoms with E-state index >= 15 is 0 Å². The molecule has 2 N–H and O–H groups in total. The topological polar surface area (TPSA) is 85.5 Å². The molecule has 0 aliphatic carbocycles. The number of hydrogen-bond acceptors (Lipinski definition) is 5. The summed E-state index contributed by atoms with van der Waals surface area (Å²) >= 11 is 0. The lowest BCUT2D eigenvalue weighted by Gasteiger charge is -2.36. The van der Waals surface area contributed by atoms with Crippen molar-refractivity contribution in [1.29, 1.82) is 0 Å². The van der Waals surface area contributed by atoms with Gasteiger partial charge < -0.3 is 15.4 Å². The summed E-state index contributed by atoms with van der Waals surface area (Å²) in [5.41, 5.74) is 5.39. The van der Waals surface area contributed by atoms with E-state index in [1.165, 1.54) is 0 Å². The molecule has 2 rings (SSSR count). The number of anilines is 1. The van der Waals surface area contributed by atoms with Crippen LogP contribution in [-0.4, -0.2) is 36.6 Å². The Hall–Kier alpha value is -2.11. The van der Waals surface area contributed by atoms with Gasteiger partial charge in [0.05, 0.1) is 18.4 Å². The molecule has 1 aliphatic rings. The van der Waals surface area contributed by atoms with Gasteiger partial charge in [-0.2, -0.15) is 0 Å². The first-order valence-electron chi connectivity index (χ1n) is 6.75. The number of rotatable bonds is 4. The van der Waals surface area contributed by atoms with Gasteiger partial charge >= 0.3 is 5.97 Å². The second kappa shape index (κ2) is 6.36. The molecule has 0 aromatic carbocycles. The number of pyridine rings is 1. The van der Waals surface area contributed by atoms with Crippen molar-refractivity contribution in [3.8, 4) is 0 Å². The Morgan fingerprint density at radius 3 is 2.85 bits per heavy atom.